The first-order valence-corrected chi connectivity index (χ1v) is 7.12. The van der Waals surface area contributed by atoms with Crippen molar-refractivity contribution in [1.82, 2.24) is 5.32 Å². The highest BCUT2D eigenvalue weighted by Gasteiger charge is 2.31. The van der Waals surface area contributed by atoms with Gasteiger partial charge in [0.05, 0.1) is 6.10 Å². The number of rotatable bonds is 7. The van der Waals surface area contributed by atoms with Gasteiger partial charge in [-0.25, -0.2) is 0 Å². The van der Waals surface area contributed by atoms with Crippen molar-refractivity contribution < 1.29 is 19.4 Å². The van der Waals surface area contributed by atoms with Crippen LogP contribution in [-0.2, 0) is 14.3 Å². The molecule has 1 N–H and O–H groups in total. The Bertz CT molecular complexity index is 304. The molecule has 0 aliphatic heterocycles. The molecule has 0 aromatic heterocycles. The van der Waals surface area contributed by atoms with Gasteiger partial charge < -0.3 is 20.0 Å². The number of carbonyl (C=O) groups excluding carboxylic acids is 2. The van der Waals surface area contributed by atoms with E-state index in [0.29, 0.717) is 26.0 Å². The van der Waals surface area contributed by atoms with Crippen LogP contribution in [0.5, 0.6) is 0 Å². The summed E-state index contributed by atoms with van der Waals surface area (Å²) in [7, 11) is 0. The number of nitrogens with one attached hydrogen (secondary N) is 1. The molecule has 0 spiro atoms. The molecule has 0 aromatic rings. The minimum absolute atomic E-state index is 0.154. The summed E-state index contributed by atoms with van der Waals surface area (Å²) in [6.45, 7) is 5.06. The van der Waals surface area contributed by atoms with Gasteiger partial charge in [-0.2, -0.15) is 0 Å². The van der Waals surface area contributed by atoms with Crippen LogP contribution in [0.2, 0.25) is 0 Å². The van der Waals surface area contributed by atoms with Crippen LogP contribution in [-0.4, -0.2) is 31.1 Å². The highest BCUT2D eigenvalue weighted by atomic mass is 16.5. The van der Waals surface area contributed by atoms with Crippen molar-refractivity contribution in [2.45, 2.75) is 52.1 Å². The van der Waals surface area contributed by atoms with E-state index in [4.69, 9.17) is 4.74 Å². The molecule has 5 heteroatoms. The summed E-state index contributed by atoms with van der Waals surface area (Å²) >= 11 is 0. The largest absolute Gasteiger partial charge is 0.550 e. The Morgan fingerprint density at radius 3 is 2.47 bits per heavy atom. The monoisotopic (exact) mass is 270 g/mol. The highest BCUT2D eigenvalue weighted by molar-refractivity contribution is 5.84. The first kappa shape index (κ1) is 16.0. The Morgan fingerprint density at radius 1 is 1.26 bits per heavy atom. The quantitative estimate of drug-likeness (QED) is 0.682. The number of hydrogen-bond acceptors (Lipinski definition) is 4. The standard InChI is InChI=1S/C14H25NO4/c1-10(2)19-9-5-8-15-13(16)11-6-3-4-7-12(11)14(17)18/h10-12H,3-9H2,1-2H3,(H,15,16)(H,17,18)/p-1/t11-,12-/m0/s1. The summed E-state index contributed by atoms with van der Waals surface area (Å²) in [5.74, 6) is -2.30. The van der Waals surface area contributed by atoms with E-state index in [-0.39, 0.29) is 12.0 Å². The molecule has 1 rings (SSSR count). The van der Waals surface area contributed by atoms with Crippen LogP contribution in [0.3, 0.4) is 0 Å². The summed E-state index contributed by atoms with van der Waals surface area (Å²) in [5, 5.41) is 13.8. The fourth-order valence-corrected chi connectivity index (χ4v) is 2.46. The van der Waals surface area contributed by atoms with Crippen molar-refractivity contribution in [1.29, 1.82) is 0 Å². The van der Waals surface area contributed by atoms with E-state index in [2.05, 4.69) is 5.32 Å². The van der Waals surface area contributed by atoms with Crippen LogP contribution < -0.4 is 10.4 Å². The maximum absolute atomic E-state index is 12.0. The zero-order valence-electron chi connectivity index (χ0n) is 11.8. The lowest BCUT2D eigenvalue weighted by atomic mass is 9.79. The molecule has 19 heavy (non-hydrogen) atoms. The molecule has 1 aliphatic rings. The third-order valence-electron chi connectivity index (χ3n) is 3.48. The summed E-state index contributed by atoms with van der Waals surface area (Å²) in [6.07, 6.45) is 3.91. The predicted octanol–water partition coefficient (Wildman–Crippen LogP) is 0.474. The van der Waals surface area contributed by atoms with E-state index in [1.54, 1.807) is 0 Å². The van der Waals surface area contributed by atoms with Gasteiger partial charge in [-0.3, -0.25) is 4.79 Å². The number of carboxylic acid groups (broad SMARTS) is 1. The van der Waals surface area contributed by atoms with Crippen molar-refractivity contribution in [3.05, 3.63) is 0 Å². The Hall–Kier alpha value is -1.10. The normalized spacial score (nSPS) is 23.3. The summed E-state index contributed by atoms with van der Waals surface area (Å²) in [6, 6.07) is 0. The van der Waals surface area contributed by atoms with E-state index in [0.717, 1.165) is 19.3 Å². The fraction of sp³-hybridized carbons (Fsp3) is 0.857. The highest BCUT2D eigenvalue weighted by Crippen LogP contribution is 2.29. The summed E-state index contributed by atoms with van der Waals surface area (Å²) in [5.41, 5.74) is 0. The molecule has 0 aromatic carbocycles. The Morgan fingerprint density at radius 2 is 1.89 bits per heavy atom. The Kier molecular flexibility index (Phi) is 6.84. The summed E-state index contributed by atoms with van der Waals surface area (Å²) in [4.78, 5) is 23.0. The van der Waals surface area contributed by atoms with E-state index in [1.807, 2.05) is 13.8 Å². The number of aliphatic carboxylic acids is 1. The third kappa shape index (κ3) is 5.59. The minimum atomic E-state index is -1.09. The van der Waals surface area contributed by atoms with Gasteiger partial charge in [-0.15, -0.1) is 0 Å². The molecule has 1 saturated carbocycles. The van der Waals surface area contributed by atoms with Crippen LogP contribution in [0.25, 0.3) is 0 Å². The average Bonchev–Trinajstić information content (AvgIpc) is 2.37. The van der Waals surface area contributed by atoms with Crippen molar-refractivity contribution in [3.63, 3.8) is 0 Å². The van der Waals surface area contributed by atoms with Gasteiger partial charge >= 0.3 is 0 Å². The Labute approximate surface area is 114 Å². The van der Waals surface area contributed by atoms with Crippen molar-refractivity contribution in [2.24, 2.45) is 11.8 Å². The van der Waals surface area contributed by atoms with Gasteiger partial charge in [0.2, 0.25) is 5.91 Å². The lowest BCUT2D eigenvalue weighted by Crippen LogP contribution is -2.44. The van der Waals surface area contributed by atoms with Crippen molar-refractivity contribution in [3.8, 4) is 0 Å². The molecule has 0 unspecified atom stereocenters. The molecule has 0 bridgehead atoms. The zero-order chi connectivity index (χ0) is 14.3. The van der Waals surface area contributed by atoms with E-state index >= 15 is 0 Å². The lowest BCUT2D eigenvalue weighted by Gasteiger charge is -2.31. The van der Waals surface area contributed by atoms with Crippen LogP contribution in [0.4, 0.5) is 0 Å². The zero-order valence-corrected chi connectivity index (χ0v) is 11.8. The second-order valence-electron chi connectivity index (χ2n) is 5.38. The first-order valence-electron chi connectivity index (χ1n) is 7.12. The van der Waals surface area contributed by atoms with E-state index in [1.165, 1.54) is 0 Å². The van der Waals surface area contributed by atoms with Crippen molar-refractivity contribution >= 4 is 11.9 Å². The molecule has 0 radical (unpaired) electrons. The number of carboxylic acids is 1. The molecule has 2 atom stereocenters. The maximum atomic E-state index is 12.0. The van der Waals surface area contributed by atoms with Crippen LogP contribution in [0, 0.1) is 11.8 Å². The predicted molar refractivity (Wildman–Crippen MR) is 69.2 cm³/mol. The van der Waals surface area contributed by atoms with Gasteiger partial charge in [0.1, 0.15) is 0 Å². The van der Waals surface area contributed by atoms with Gasteiger partial charge in [0.25, 0.3) is 0 Å². The van der Waals surface area contributed by atoms with Gasteiger partial charge in [-0.1, -0.05) is 12.8 Å². The van der Waals surface area contributed by atoms with Crippen molar-refractivity contribution in [2.75, 3.05) is 13.2 Å². The number of amides is 1. The molecule has 0 heterocycles. The van der Waals surface area contributed by atoms with Crippen LogP contribution in [0.1, 0.15) is 46.0 Å². The van der Waals surface area contributed by atoms with Gasteiger partial charge in [-0.05, 0) is 33.1 Å². The van der Waals surface area contributed by atoms with E-state index < -0.39 is 17.8 Å². The summed E-state index contributed by atoms with van der Waals surface area (Å²) < 4.78 is 5.37. The average molecular weight is 270 g/mol. The van der Waals surface area contributed by atoms with Crippen LogP contribution >= 0.6 is 0 Å². The SMILES string of the molecule is CC(C)OCCCNC(=O)[C@H]1CCCC[C@@H]1C(=O)[O-]. The van der Waals surface area contributed by atoms with Gasteiger partial charge in [0.15, 0.2) is 0 Å². The molecular weight excluding hydrogens is 246 g/mol. The molecule has 0 saturated heterocycles. The molecule has 110 valence electrons. The van der Waals surface area contributed by atoms with Crippen LogP contribution in [0.15, 0.2) is 0 Å². The third-order valence-corrected chi connectivity index (χ3v) is 3.48. The number of carbonyl (C=O) groups is 2. The minimum Gasteiger partial charge on any atom is -0.550 e. The van der Waals surface area contributed by atoms with E-state index in [9.17, 15) is 14.7 Å². The molecule has 1 fully saturated rings. The molecule has 5 nitrogen and oxygen atoms in total. The Balaban J connectivity index is 2.29. The second kappa shape index (κ2) is 8.15. The second-order valence-corrected chi connectivity index (χ2v) is 5.38. The van der Waals surface area contributed by atoms with Gasteiger partial charge in [0, 0.05) is 31.0 Å². The number of hydrogen-bond donors (Lipinski definition) is 1. The fourth-order valence-electron chi connectivity index (χ4n) is 2.46. The molecular formula is C14H24NO4-. The number of ether oxygens (including phenoxy) is 1. The lowest BCUT2D eigenvalue weighted by molar-refractivity contribution is -0.314. The smallest absolute Gasteiger partial charge is 0.223 e. The topological polar surface area (TPSA) is 78.5 Å². The molecule has 1 amide bonds. The molecule has 1 aliphatic carbocycles. The maximum Gasteiger partial charge on any atom is 0.223 e. The first-order chi connectivity index (χ1) is 9.02.